The number of ether oxygens (including phenoxy) is 13. The molecule has 0 aliphatic heterocycles. The Morgan fingerprint density at radius 1 is 0.404 bits per heavy atom. The molecule has 0 aromatic heterocycles. The largest absolute Gasteiger partial charge is 0.489 e. The van der Waals surface area contributed by atoms with Crippen LogP contribution in [0.25, 0.3) is 0 Å². The fraction of sp³-hybridized carbons (Fsp3) is 0.649. The van der Waals surface area contributed by atoms with Crippen molar-refractivity contribution in [3.05, 3.63) is 53.4 Å². The highest BCUT2D eigenvalue weighted by atomic mass is 19.2. The number of carbonyl (C=O) groups is 1. The van der Waals surface area contributed by atoms with Crippen molar-refractivity contribution in [3.63, 3.8) is 0 Å². The van der Waals surface area contributed by atoms with Crippen molar-refractivity contribution in [2.24, 2.45) is 0 Å². The summed E-state index contributed by atoms with van der Waals surface area (Å²) in [4.78, 5) is 11.7. The average Bonchev–Trinajstić information content (AvgIpc) is 3.21. The number of esters is 1. The first-order valence-electron chi connectivity index (χ1n) is 18.4. The molecule has 57 heavy (non-hydrogen) atoms. The third-order valence-electron chi connectivity index (χ3n) is 6.96. The van der Waals surface area contributed by atoms with Gasteiger partial charge in [-0.1, -0.05) is 12.1 Å². The van der Waals surface area contributed by atoms with Gasteiger partial charge in [0, 0.05) is 0 Å². The summed E-state index contributed by atoms with van der Waals surface area (Å²) in [6.07, 6.45) is -0.490. The molecule has 15 nitrogen and oxygen atoms in total. The predicted octanol–water partition coefficient (Wildman–Crippen LogP) is 3.52. The Morgan fingerprint density at radius 3 is 1.02 bits per heavy atom. The van der Waals surface area contributed by atoms with Gasteiger partial charge in [-0.25, -0.2) is 13.2 Å². The Morgan fingerprint density at radius 2 is 0.684 bits per heavy atom. The first kappa shape index (κ1) is 49.9. The van der Waals surface area contributed by atoms with E-state index in [1.54, 1.807) is 6.07 Å². The van der Waals surface area contributed by atoms with Gasteiger partial charge in [0.25, 0.3) is 0 Å². The van der Waals surface area contributed by atoms with Crippen molar-refractivity contribution in [1.82, 2.24) is 0 Å². The smallest absolute Gasteiger partial charge is 0.313 e. The number of nitrogen functional groups attached to an aromatic ring is 1. The second-order valence-corrected chi connectivity index (χ2v) is 11.2. The molecule has 0 spiro atoms. The molecule has 0 aliphatic carbocycles. The van der Waals surface area contributed by atoms with Gasteiger partial charge in [0.2, 0.25) is 34.8 Å². The van der Waals surface area contributed by atoms with Crippen LogP contribution in [0.5, 0.6) is 11.5 Å². The van der Waals surface area contributed by atoms with Gasteiger partial charge in [0.1, 0.15) is 12.4 Å². The number of rotatable bonds is 38. The van der Waals surface area contributed by atoms with E-state index < -0.39 is 47.2 Å². The van der Waals surface area contributed by atoms with Gasteiger partial charge in [-0.05, 0) is 12.1 Å². The number of benzene rings is 2. The van der Waals surface area contributed by atoms with Crippen LogP contribution in [0.1, 0.15) is 6.42 Å². The van der Waals surface area contributed by atoms with E-state index in [4.69, 9.17) is 62.6 Å². The molecule has 0 saturated heterocycles. The van der Waals surface area contributed by atoms with Crippen molar-refractivity contribution in [2.45, 2.75) is 6.42 Å². The Labute approximate surface area is 328 Å². The molecule has 2 rings (SSSR count). The molecular weight excluding hydrogens is 777 g/mol. The molecule has 2 aromatic carbocycles. The minimum Gasteiger partial charge on any atom is -0.489 e. The lowest BCUT2D eigenvalue weighted by molar-refractivity contribution is -0.136. The standard InChI is InChI=1S/C37H54F5NO14/c38-32-33(39)35(41)37(36(42)34(32)40)57-31(44)5-6-45-7-8-46-9-10-47-11-12-48-13-14-49-15-16-50-17-18-51-19-20-52-21-22-53-23-24-54-25-26-55-27-28-56-30-4-2-1-3-29(30)43/h1-4H,5-28,43H2. The topological polar surface area (TPSA) is 163 Å². The highest BCUT2D eigenvalue weighted by molar-refractivity contribution is 5.72. The van der Waals surface area contributed by atoms with E-state index in [-0.39, 0.29) is 26.4 Å². The highest BCUT2D eigenvalue weighted by Gasteiger charge is 2.28. The van der Waals surface area contributed by atoms with Crippen LogP contribution in [-0.2, 0) is 56.9 Å². The van der Waals surface area contributed by atoms with Crippen molar-refractivity contribution in [2.75, 3.05) is 158 Å². The fourth-order valence-electron chi connectivity index (χ4n) is 4.12. The monoisotopic (exact) mass is 831 g/mol. The van der Waals surface area contributed by atoms with E-state index in [9.17, 15) is 26.7 Å². The number of hydrogen-bond acceptors (Lipinski definition) is 15. The summed E-state index contributed by atoms with van der Waals surface area (Å²) < 4.78 is 136. The third-order valence-corrected chi connectivity index (χ3v) is 6.96. The molecule has 0 atom stereocenters. The maximum Gasteiger partial charge on any atom is 0.313 e. The minimum atomic E-state index is -2.35. The minimum absolute atomic E-state index is 0.0764. The first-order chi connectivity index (χ1) is 27.8. The molecule has 0 unspecified atom stereocenters. The molecule has 0 amide bonds. The van der Waals surface area contributed by atoms with Crippen molar-refractivity contribution in [1.29, 1.82) is 0 Å². The lowest BCUT2D eigenvalue weighted by atomic mass is 10.2. The normalized spacial score (nSPS) is 11.4. The molecule has 0 fully saturated rings. The van der Waals surface area contributed by atoms with Crippen LogP contribution in [0.4, 0.5) is 27.6 Å². The van der Waals surface area contributed by atoms with Gasteiger partial charge >= 0.3 is 5.97 Å². The molecular formula is C37H54F5NO14. The molecule has 2 N–H and O–H groups in total. The molecule has 0 bridgehead atoms. The fourth-order valence-corrected chi connectivity index (χ4v) is 4.12. The summed E-state index contributed by atoms with van der Waals surface area (Å²) >= 11 is 0. The predicted molar refractivity (Wildman–Crippen MR) is 192 cm³/mol. The number of para-hydroxylation sites is 2. The van der Waals surface area contributed by atoms with Crippen LogP contribution in [-0.4, -0.2) is 158 Å². The maximum atomic E-state index is 13.6. The zero-order valence-electron chi connectivity index (χ0n) is 32.0. The highest BCUT2D eigenvalue weighted by Crippen LogP contribution is 2.29. The van der Waals surface area contributed by atoms with Crippen LogP contribution in [0.15, 0.2) is 24.3 Å². The zero-order valence-corrected chi connectivity index (χ0v) is 32.0. The van der Waals surface area contributed by atoms with Crippen LogP contribution < -0.4 is 15.2 Å². The summed E-state index contributed by atoms with van der Waals surface area (Å²) in [5, 5.41) is 0. The van der Waals surface area contributed by atoms with E-state index in [0.29, 0.717) is 137 Å². The van der Waals surface area contributed by atoms with E-state index in [1.165, 1.54) is 0 Å². The van der Waals surface area contributed by atoms with Gasteiger partial charge in [0.05, 0.1) is 157 Å². The Bertz CT molecular complexity index is 1310. The van der Waals surface area contributed by atoms with Gasteiger partial charge in [0.15, 0.2) is 0 Å². The Kier molecular flexibility index (Phi) is 29.5. The second kappa shape index (κ2) is 33.7. The van der Waals surface area contributed by atoms with Crippen molar-refractivity contribution < 1.29 is 88.3 Å². The van der Waals surface area contributed by atoms with E-state index in [0.717, 1.165) is 0 Å². The summed E-state index contributed by atoms with van der Waals surface area (Å²) in [5.41, 5.74) is 6.41. The second-order valence-electron chi connectivity index (χ2n) is 11.2. The number of carbonyl (C=O) groups excluding carboxylic acids is 1. The third kappa shape index (κ3) is 24.3. The summed E-state index contributed by atoms with van der Waals surface area (Å²) in [6.45, 7) is 8.41. The molecule has 0 aliphatic rings. The van der Waals surface area contributed by atoms with Gasteiger partial charge < -0.3 is 67.3 Å². The van der Waals surface area contributed by atoms with Crippen molar-refractivity contribution in [3.8, 4) is 11.5 Å². The Hall–Kier alpha value is -3.28. The van der Waals surface area contributed by atoms with Crippen LogP contribution >= 0.6 is 0 Å². The SMILES string of the molecule is Nc1ccccc1OCCOCCOCCOCCOCCOCCOCCOCCOCCOCCOCCOCCC(=O)Oc1c(F)c(F)c(F)c(F)c1F. The molecule has 0 heterocycles. The van der Waals surface area contributed by atoms with Crippen LogP contribution in [0.2, 0.25) is 0 Å². The molecule has 2 aromatic rings. The lowest BCUT2D eigenvalue weighted by Gasteiger charge is -2.10. The van der Waals surface area contributed by atoms with Crippen LogP contribution in [0, 0.1) is 29.1 Å². The van der Waals surface area contributed by atoms with Crippen molar-refractivity contribution >= 4 is 11.7 Å². The number of anilines is 1. The Balaban J connectivity index is 1.19. The lowest BCUT2D eigenvalue weighted by Crippen LogP contribution is -2.16. The number of hydrogen-bond donors (Lipinski definition) is 1. The summed E-state index contributed by atoms with van der Waals surface area (Å²) in [6, 6.07) is 7.31. The average molecular weight is 832 g/mol. The van der Waals surface area contributed by atoms with E-state index in [1.807, 2.05) is 18.2 Å². The maximum absolute atomic E-state index is 13.6. The van der Waals surface area contributed by atoms with Gasteiger partial charge in [-0.15, -0.1) is 0 Å². The summed E-state index contributed by atoms with van der Waals surface area (Å²) in [5.74, 6) is -13.5. The molecule has 0 saturated carbocycles. The first-order valence-corrected chi connectivity index (χ1v) is 18.4. The van der Waals surface area contributed by atoms with E-state index in [2.05, 4.69) is 4.74 Å². The number of halogens is 5. The van der Waals surface area contributed by atoms with Gasteiger partial charge in [-0.2, -0.15) is 8.78 Å². The molecule has 326 valence electrons. The zero-order chi connectivity index (χ0) is 41.2. The van der Waals surface area contributed by atoms with Crippen LogP contribution in [0.3, 0.4) is 0 Å². The van der Waals surface area contributed by atoms with E-state index >= 15 is 0 Å². The molecule has 20 heteroatoms. The molecule has 0 radical (unpaired) electrons. The number of nitrogens with two attached hydrogens (primary N) is 1. The van der Waals surface area contributed by atoms with Gasteiger partial charge in [-0.3, -0.25) is 4.79 Å². The summed E-state index contributed by atoms with van der Waals surface area (Å²) in [7, 11) is 0. The quantitative estimate of drug-likeness (QED) is 0.0199.